The van der Waals surface area contributed by atoms with E-state index in [2.05, 4.69) is 10.4 Å². The zero-order valence-electron chi connectivity index (χ0n) is 9.74. The summed E-state index contributed by atoms with van der Waals surface area (Å²) in [7, 11) is 1.63. The highest BCUT2D eigenvalue weighted by molar-refractivity contribution is 5.85. The molecule has 0 saturated carbocycles. The Bertz CT molecular complexity index is 437. The molecule has 0 atom stereocenters. The predicted octanol–water partition coefficient (Wildman–Crippen LogP) is 1.64. The van der Waals surface area contributed by atoms with Crippen LogP contribution in [0.4, 0.5) is 10.6 Å². The topological polar surface area (TPSA) is 79.9 Å². The van der Waals surface area contributed by atoms with E-state index in [1.54, 1.807) is 27.8 Å². The van der Waals surface area contributed by atoms with E-state index in [1.807, 2.05) is 6.07 Å². The fraction of sp³-hybridized carbons (Fsp3) is 0.500. The summed E-state index contributed by atoms with van der Waals surface area (Å²) >= 11 is 0. The summed E-state index contributed by atoms with van der Waals surface area (Å²) in [5.41, 5.74) is -0.275. The van der Waals surface area contributed by atoms with Crippen molar-refractivity contribution in [1.82, 2.24) is 9.78 Å². The number of amides is 1. The number of nitrogens with zero attached hydrogens (tertiary/aromatic N) is 3. The summed E-state index contributed by atoms with van der Waals surface area (Å²) in [6.07, 6.45) is 0.778. The van der Waals surface area contributed by atoms with Gasteiger partial charge >= 0.3 is 6.09 Å². The van der Waals surface area contributed by atoms with Gasteiger partial charge in [0, 0.05) is 7.05 Å². The molecule has 0 aliphatic heterocycles. The normalized spacial score (nSPS) is 10.7. The fourth-order valence-corrected chi connectivity index (χ4v) is 1.07. The van der Waals surface area contributed by atoms with Crippen molar-refractivity contribution in [2.24, 2.45) is 7.05 Å². The maximum atomic E-state index is 11.5. The minimum Gasteiger partial charge on any atom is -0.444 e. The number of hydrogen-bond donors (Lipinski definition) is 1. The van der Waals surface area contributed by atoms with Gasteiger partial charge in [0.1, 0.15) is 17.2 Å². The van der Waals surface area contributed by atoms with Gasteiger partial charge in [-0.15, -0.1) is 0 Å². The van der Waals surface area contributed by atoms with Gasteiger partial charge in [0.15, 0.2) is 5.82 Å². The third-order valence-electron chi connectivity index (χ3n) is 1.68. The molecule has 0 fully saturated rings. The molecule has 1 aromatic rings. The van der Waals surface area contributed by atoms with E-state index >= 15 is 0 Å². The predicted molar refractivity (Wildman–Crippen MR) is 57.8 cm³/mol. The summed E-state index contributed by atoms with van der Waals surface area (Å²) in [5, 5.41) is 15.1. The first kappa shape index (κ1) is 12.0. The van der Waals surface area contributed by atoms with Crippen molar-refractivity contribution in [1.29, 1.82) is 5.26 Å². The molecule has 6 heteroatoms. The van der Waals surface area contributed by atoms with E-state index in [0.29, 0.717) is 11.4 Å². The van der Waals surface area contributed by atoms with Gasteiger partial charge in [-0.25, -0.2) is 4.79 Å². The molecule has 0 aromatic carbocycles. The SMILES string of the molecule is Cn1ncc(C#N)c1NC(=O)OC(C)(C)C. The van der Waals surface area contributed by atoms with Gasteiger partial charge in [-0.1, -0.05) is 0 Å². The molecule has 0 bridgehead atoms. The summed E-state index contributed by atoms with van der Waals surface area (Å²) in [6.45, 7) is 5.29. The Kier molecular flexibility index (Phi) is 3.18. The number of anilines is 1. The lowest BCUT2D eigenvalue weighted by Crippen LogP contribution is -2.28. The number of nitrogens with one attached hydrogen (secondary N) is 1. The third kappa shape index (κ3) is 2.98. The van der Waals surface area contributed by atoms with Crippen LogP contribution < -0.4 is 5.32 Å². The number of carbonyl (C=O) groups excluding carboxylic acids is 1. The molecule has 6 nitrogen and oxygen atoms in total. The summed E-state index contributed by atoms with van der Waals surface area (Å²) in [6, 6.07) is 1.93. The Balaban J connectivity index is 2.78. The van der Waals surface area contributed by atoms with Crippen LogP contribution in [-0.2, 0) is 11.8 Å². The Labute approximate surface area is 93.8 Å². The van der Waals surface area contributed by atoms with E-state index in [9.17, 15) is 4.79 Å². The highest BCUT2D eigenvalue weighted by Gasteiger charge is 2.18. The number of nitriles is 1. The van der Waals surface area contributed by atoms with Crippen LogP contribution in [0.15, 0.2) is 6.20 Å². The van der Waals surface area contributed by atoms with Gasteiger partial charge in [0.25, 0.3) is 0 Å². The van der Waals surface area contributed by atoms with Crippen molar-refractivity contribution in [2.75, 3.05) is 5.32 Å². The van der Waals surface area contributed by atoms with Crippen molar-refractivity contribution in [2.45, 2.75) is 26.4 Å². The molecular weight excluding hydrogens is 208 g/mol. The number of aromatic nitrogens is 2. The zero-order chi connectivity index (χ0) is 12.3. The van der Waals surface area contributed by atoms with E-state index < -0.39 is 11.7 Å². The van der Waals surface area contributed by atoms with Crippen molar-refractivity contribution in [3.8, 4) is 6.07 Å². The van der Waals surface area contributed by atoms with Gasteiger partial charge < -0.3 is 4.74 Å². The molecule has 1 aromatic heterocycles. The van der Waals surface area contributed by atoms with Crippen molar-refractivity contribution >= 4 is 11.9 Å². The highest BCUT2D eigenvalue weighted by Crippen LogP contribution is 2.14. The van der Waals surface area contributed by atoms with Gasteiger partial charge in [0.05, 0.1) is 6.20 Å². The second-order valence-corrected chi connectivity index (χ2v) is 4.27. The molecule has 0 radical (unpaired) electrons. The van der Waals surface area contributed by atoms with Gasteiger partial charge in [0.2, 0.25) is 0 Å². The lowest BCUT2D eigenvalue weighted by Gasteiger charge is -2.19. The number of rotatable bonds is 1. The Morgan fingerprint density at radius 3 is 2.75 bits per heavy atom. The molecule has 0 spiro atoms. The van der Waals surface area contributed by atoms with Crippen LogP contribution in [0.25, 0.3) is 0 Å². The van der Waals surface area contributed by atoms with Crippen LogP contribution in [0.5, 0.6) is 0 Å². The summed E-state index contributed by atoms with van der Waals surface area (Å²) < 4.78 is 6.47. The first-order valence-electron chi connectivity index (χ1n) is 4.75. The summed E-state index contributed by atoms with van der Waals surface area (Å²) in [4.78, 5) is 11.5. The number of aryl methyl sites for hydroxylation is 1. The maximum Gasteiger partial charge on any atom is 0.413 e. The molecule has 16 heavy (non-hydrogen) atoms. The fourth-order valence-electron chi connectivity index (χ4n) is 1.07. The molecule has 0 saturated heterocycles. The Morgan fingerprint density at radius 1 is 1.62 bits per heavy atom. The zero-order valence-corrected chi connectivity index (χ0v) is 9.74. The van der Waals surface area contributed by atoms with E-state index in [0.717, 1.165) is 0 Å². The van der Waals surface area contributed by atoms with E-state index in [-0.39, 0.29) is 0 Å². The van der Waals surface area contributed by atoms with Crippen molar-refractivity contribution in [3.63, 3.8) is 0 Å². The van der Waals surface area contributed by atoms with Crippen LogP contribution in [0.3, 0.4) is 0 Å². The van der Waals surface area contributed by atoms with Gasteiger partial charge in [-0.2, -0.15) is 10.4 Å². The second-order valence-electron chi connectivity index (χ2n) is 4.27. The number of ether oxygens (including phenoxy) is 1. The number of hydrogen-bond acceptors (Lipinski definition) is 4. The largest absolute Gasteiger partial charge is 0.444 e. The highest BCUT2D eigenvalue weighted by atomic mass is 16.6. The van der Waals surface area contributed by atoms with Crippen LogP contribution >= 0.6 is 0 Å². The molecule has 1 N–H and O–H groups in total. The summed E-state index contributed by atoms with van der Waals surface area (Å²) in [5.74, 6) is 0.330. The molecule has 1 rings (SSSR count). The number of carbonyl (C=O) groups is 1. The van der Waals surface area contributed by atoms with Crippen molar-refractivity contribution < 1.29 is 9.53 Å². The Morgan fingerprint density at radius 2 is 2.25 bits per heavy atom. The average molecular weight is 222 g/mol. The minimum absolute atomic E-state index is 0.299. The molecular formula is C10H14N4O2. The molecule has 1 heterocycles. The molecule has 0 aliphatic rings. The first-order chi connectivity index (χ1) is 7.33. The minimum atomic E-state index is -0.604. The van der Waals surface area contributed by atoms with Crippen LogP contribution in [0.2, 0.25) is 0 Å². The average Bonchev–Trinajstić information content (AvgIpc) is 2.44. The second kappa shape index (κ2) is 4.23. The molecule has 0 unspecified atom stereocenters. The monoisotopic (exact) mass is 222 g/mol. The van der Waals surface area contributed by atoms with Crippen LogP contribution in [0.1, 0.15) is 26.3 Å². The molecule has 86 valence electrons. The maximum absolute atomic E-state index is 11.5. The Hall–Kier alpha value is -2.03. The van der Waals surface area contributed by atoms with E-state index in [4.69, 9.17) is 10.00 Å². The van der Waals surface area contributed by atoms with Gasteiger partial charge in [-0.3, -0.25) is 10.00 Å². The lowest BCUT2D eigenvalue weighted by atomic mass is 10.2. The first-order valence-corrected chi connectivity index (χ1v) is 4.75. The van der Waals surface area contributed by atoms with Gasteiger partial charge in [-0.05, 0) is 20.8 Å². The standard InChI is InChI=1S/C10H14N4O2/c1-10(2,3)16-9(15)13-8-7(5-11)6-12-14(8)4/h6H,1-4H3,(H,13,15). The van der Waals surface area contributed by atoms with Crippen LogP contribution in [0, 0.1) is 11.3 Å². The van der Waals surface area contributed by atoms with Crippen LogP contribution in [-0.4, -0.2) is 21.5 Å². The van der Waals surface area contributed by atoms with E-state index in [1.165, 1.54) is 10.9 Å². The molecule has 1 amide bonds. The van der Waals surface area contributed by atoms with Crippen molar-refractivity contribution in [3.05, 3.63) is 11.8 Å². The lowest BCUT2D eigenvalue weighted by molar-refractivity contribution is 0.0634. The quantitative estimate of drug-likeness (QED) is 0.783. The molecule has 0 aliphatic carbocycles. The third-order valence-corrected chi connectivity index (χ3v) is 1.68. The smallest absolute Gasteiger partial charge is 0.413 e.